The quantitative estimate of drug-likeness (QED) is 0.837. The van der Waals surface area contributed by atoms with Crippen LogP contribution in [-0.4, -0.2) is 37.0 Å². The number of likely N-dealkylation sites (N-methyl/N-ethyl adjacent to an activating group) is 1. The van der Waals surface area contributed by atoms with E-state index in [1.165, 1.54) is 0 Å². The minimum absolute atomic E-state index is 0. The summed E-state index contributed by atoms with van der Waals surface area (Å²) in [7, 11) is 1.83. The molecule has 0 fully saturated rings. The second-order valence-electron chi connectivity index (χ2n) is 6.61. The standard InChI is InChI=1S/C17H28N2O2.ClH/c1-13(2)21-15-8-6-7-14(9-15)10-16(20)19(5)12-17(3,4)11-18;/h6-9,13H,10-12,18H2,1-5H3;1H. The summed E-state index contributed by atoms with van der Waals surface area (Å²) in [5.74, 6) is 0.901. The molecule has 1 amide bonds. The van der Waals surface area contributed by atoms with Crippen LogP contribution in [0.5, 0.6) is 5.75 Å². The number of rotatable bonds is 7. The molecular formula is C17H29ClN2O2. The molecule has 0 aromatic heterocycles. The van der Waals surface area contributed by atoms with E-state index < -0.39 is 0 Å². The molecule has 0 aliphatic heterocycles. The Labute approximate surface area is 140 Å². The number of hydrogen-bond donors (Lipinski definition) is 1. The van der Waals surface area contributed by atoms with Gasteiger partial charge in [-0.25, -0.2) is 0 Å². The van der Waals surface area contributed by atoms with Gasteiger partial charge >= 0.3 is 0 Å². The van der Waals surface area contributed by atoms with Crippen LogP contribution in [0.3, 0.4) is 0 Å². The number of halogens is 1. The van der Waals surface area contributed by atoms with Crippen LogP contribution in [0.25, 0.3) is 0 Å². The molecule has 1 aromatic carbocycles. The molecule has 0 heterocycles. The molecule has 0 bridgehead atoms. The Bertz CT molecular complexity index is 475. The van der Waals surface area contributed by atoms with Gasteiger partial charge in [-0.1, -0.05) is 26.0 Å². The first-order chi connectivity index (χ1) is 9.73. The summed E-state index contributed by atoms with van der Waals surface area (Å²) in [6.07, 6.45) is 0.510. The third-order valence-electron chi connectivity index (χ3n) is 3.27. The fourth-order valence-corrected chi connectivity index (χ4v) is 2.11. The maximum atomic E-state index is 12.3. The van der Waals surface area contributed by atoms with Crippen LogP contribution in [0.1, 0.15) is 33.3 Å². The lowest BCUT2D eigenvalue weighted by Crippen LogP contribution is -2.40. The Morgan fingerprint density at radius 3 is 2.55 bits per heavy atom. The first-order valence-corrected chi connectivity index (χ1v) is 7.43. The van der Waals surface area contributed by atoms with Gasteiger partial charge in [0, 0.05) is 13.6 Å². The summed E-state index contributed by atoms with van der Waals surface area (Å²) in [5.41, 5.74) is 6.62. The largest absolute Gasteiger partial charge is 0.491 e. The van der Waals surface area contributed by atoms with E-state index >= 15 is 0 Å². The molecular weight excluding hydrogens is 300 g/mol. The summed E-state index contributed by atoms with van der Waals surface area (Å²) in [4.78, 5) is 14.0. The van der Waals surface area contributed by atoms with Gasteiger partial charge in [-0.15, -0.1) is 12.4 Å². The molecule has 0 saturated heterocycles. The van der Waals surface area contributed by atoms with Gasteiger partial charge in [-0.05, 0) is 43.5 Å². The van der Waals surface area contributed by atoms with Crippen LogP contribution in [0, 0.1) is 5.41 Å². The SMILES string of the molecule is CC(C)Oc1cccc(CC(=O)N(C)CC(C)(C)CN)c1.Cl. The summed E-state index contributed by atoms with van der Waals surface area (Å²) in [6.45, 7) is 9.32. The highest BCUT2D eigenvalue weighted by molar-refractivity contribution is 5.85. The van der Waals surface area contributed by atoms with E-state index in [9.17, 15) is 4.79 Å². The van der Waals surface area contributed by atoms with Gasteiger partial charge < -0.3 is 15.4 Å². The maximum absolute atomic E-state index is 12.3. The van der Waals surface area contributed by atoms with Crippen molar-refractivity contribution < 1.29 is 9.53 Å². The van der Waals surface area contributed by atoms with Crippen molar-refractivity contribution in [2.45, 2.75) is 40.2 Å². The van der Waals surface area contributed by atoms with Gasteiger partial charge in [0.1, 0.15) is 5.75 Å². The Morgan fingerprint density at radius 1 is 1.36 bits per heavy atom. The summed E-state index contributed by atoms with van der Waals surface area (Å²) >= 11 is 0. The highest BCUT2D eigenvalue weighted by Crippen LogP contribution is 2.17. The molecule has 126 valence electrons. The number of benzene rings is 1. The minimum atomic E-state index is -0.0625. The van der Waals surface area contributed by atoms with Crippen molar-refractivity contribution in [1.82, 2.24) is 4.90 Å². The maximum Gasteiger partial charge on any atom is 0.226 e. The number of carbonyl (C=O) groups is 1. The van der Waals surface area contributed by atoms with Crippen LogP contribution in [0.4, 0.5) is 0 Å². The van der Waals surface area contributed by atoms with Crippen LogP contribution >= 0.6 is 12.4 Å². The number of nitrogens with two attached hydrogens (primary N) is 1. The summed E-state index contributed by atoms with van der Waals surface area (Å²) in [5, 5.41) is 0. The Balaban J connectivity index is 0.00000441. The van der Waals surface area contributed by atoms with Crippen molar-refractivity contribution in [3.05, 3.63) is 29.8 Å². The van der Waals surface area contributed by atoms with Crippen molar-refractivity contribution in [3.8, 4) is 5.75 Å². The number of amides is 1. The number of hydrogen-bond acceptors (Lipinski definition) is 3. The Kier molecular flexibility index (Phi) is 8.49. The van der Waals surface area contributed by atoms with E-state index in [2.05, 4.69) is 13.8 Å². The lowest BCUT2D eigenvalue weighted by Gasteiger charge is -2.29. The van der Waals surface area contributed by atoms with Gasteiger partial charge in [0.15, 0.2) is 0 Å². The van der Waals surface area contributed by atoms with Crippen LogP contribution < -0.4 is 10.5 Å². The number of nitrogens with zero attached hydrogens (tertiary/aromatic N) is 1. The molecule has 1 aromatic rings. The van der Waals surface area contributed by atoms with Gasteiger partial charge in [-0.2, -0.15) is 0 Å². The van der Waals surface area contributed by atoms with Crippen molar-refractivity contribution >= 4 is 18.3 Å². The monoisotopic (exact) mass is 328 g/mol. The van der Waals surface area contributed by atoms with Gasteiger partial charge in [0.25, 0.3) is 0 Å². The molecule has 22 heavy (non-hydrogen) atoms. The molecule has 0 atom stereocenters. The van der Waals surface area contributed by atoms with E-state index in [-0.39, 0.29) is 29.8 Å². The lowest BCUT2D eigenvalue weighted by atomic mass is 9.93. The van der Waals surface area contributed by atoms with Crippen LogP contribution in [0.2, 0.25) is 0 Å². The zero-order valence-corrected chi connectivity index (χ0v) is 15.1. The molecule has 0 saturated carbocycles. The fraction of sp³-hybridized carbons (Fsp3) is 0.588. The zero-order chi connectivity index (χ0) is 16.0. The smallest absolute Gasteiger partial charge is 0.226 e. The third-order valence-corrected chi connectivity index (χ3v) is 3.27. The van der Waals surface area contributed by atoms with E-state index in [0.29, 0.717) is 19.5 Å². The van der Waals surface area contributed by atoms with E-state index in [4.69, 9.17) is 10.5 Å². The van der Waals surface area contributed by atoms with Gasteiger partial charge in [0.05, 0.1) is 12.5 Å². The molecule has 2 N–H and O–H groups in total. The predicted octanol–water partition coefficient (Wildman–Crippen LogP) is 2.88. The normalized spacial score (nSPS) is 11.0. The Hall–Kier alpha value is -1.26. The predicted molar refractivity (Wildman–Crippen MR) is 93.6 cm³/mol. The molecule has 5 heteroatoms. The van der Waals surface area contributed by atoms with Gasteiger partial charge in [-0.3, -0.25) is 4.79 Å². The molecule has 0 aliphatic rings. The fourth-order valence-electron chi connectivity index (χ4n) is 2.11. The second kappa shape index (κ2) is 9.01. The Morgan fingerprint density at radius 2 is 2.00 bits per heavy atom. The van der Waals surface area contributed by atoms with Crippen molar-refractivity contribution in [2.24, 2.45) is 11.1 Å². The minimum Gasteiger partial charge on any atom is -0.491 e. The average molecular weight is 329 g/mol. The highest BCUT2D eigenvalue weighted by atomic mass is 35.5. The molecule has 1 rings (SSSR count). The van der Waals surface area contributed by atoms with E-state index in [1.54, 1.807) is 4.90 Å². The van der Waals surface area contributed by atoms with Crippen LogP contribution in [0.15, 0.2) is 24.3 Å². The lowest BCUT2D eigenvalue weighted by molar-refractivity contribution is -0.130. The van der Waals surface area contributed by atoms with Crippen molar-refractivity contribution in [3.63, 3.8) is 0 Å². The molecule has 0 unspecified atom stereocenters. The zero-order valence-electron chi connectivity index (χ0n) is 14.3. The van der Waals surface area contributed by atoms with E-state index in [0.717, 1.165) is 11.3 Å². The summed E-state index contributed by atoms with van der Waals surface area (Å²) < 4.78 is 5.65. The molecule has 0 radical (unpaired) electrons. The van der Waals surface area contributed by atoms with E-state index in [1.807, 2.05) is 45.2 Å². The topological polar surface area (TPSA) is 55.6 Å². The second-order valence-corrected chi connectivity index (χ2v) is 6.61. The van der Waals surface area contributed by atoms with Crippen molar-refractivity contribution in [2.75, 3.05) is 20.1 Å². The summed E-state index contributed by atoms with van der Waals surface area (Å²) in [6, 6.07) is 7.71. The molecule has 0 spiro atoms. The van der Waals surface area contributed by atoms with Crippen LogP contribution in [-0.2, 0) is 11.2 Å². The highest BCUT2D eigenvalue weighted by Gasteiger charge is 2.21. The third kappa shape index (κ3) is 7.14. The number of carbonyl (C=O) groups excluding carboxylic acids is 1. The van der Waals surface area contributed by atoms with Gasteiger partial charge in [0.2, 0.25) is 5.91 Å². The molecule has 4 nitrogen and oxygen atoms in total. The number of ether oxygens (including phenoxy) is 1. The first kappa shape index (κ1) is 20.7. The average Bonchev–Trinajstić information content (AvgIpc) is 2.37. The molecule has 0 aliphatic carbocycles. The first-order valence-electron chi connectivity index (χ1n) is 7.43. The van der Waals surface area contributed by atoms with Crippen molar-refractivity contribution in [1.29, 1.82) is 0 Å².